The zero-order valence-electron chi connectivity index (χ0n) is 53.0. The Bertz CT molecular complexity index is 5560. The molecular formula is C89H66O2S3. The zero-order valence-corrected chi connectivity index (χ0v) is 55.4. The van der Waals surface area contributed by atoms with Crippen molar-refractivity contribution in [2.24, 2.45) is 0 Å². The van der Waals surface area contributed by atoms with E-state index in [-0.39, 0.29) is 0 Å². The zero-order chi connectivity index (χ0) is 63.7. The van der Waals surface area contributed by atoms with Gasteiger partial charge in [-0.25, -0.2) is 0 Å². The maximum Gasteiger partial charge on any atom is 0.143 e. The van der Waals surface area contributed by atoms with Crippen LogP contribution in [0.1, 0.15) is 27.8 Å². The Labute approximate surface area is 559 Å². The summed E-state index contributed by atoms with van der Waals surface area (Å²) < 4.78 is 20.2. The molecule has 0 radical (unpaired) electrons. The van der Waals surface area contributed by atoms with E-state index in [2.05, 4.69) is 320 Å². The molecule has 0 bridgehead atoms. The molecule has 0 fully saturated rings. The van der Waals surface area contributed by atoms with E-state index in [1.807, 2.05) is 58.3 Å². The summed E-state index contributed by atoms with van der Waals surface area (Å²) in [6.45, 7) is 10.6. The standard InChI is InChI=1S/2C19H14O.2C19H14S.C13H10S/c1-13-9-11-14(12-10-13)15-6-4-7-17-16-5-2-3-8-18(16)20-19(15)17;1-13-6-8-14(9-7-13)15-10-11-19-17(12-15)16-4-2-3-5-18(16)20-19;1-13-9-11-14(12-10-13)15-6-4-7-17-16-5-2-3-8-18(16)20-19(15)17;1-13-6-8-14(9-7-13)15-10-11-19-17(12-15)16-4-2-3-5-18(16)20-19;1-9-5-4-8-12-13(9)10-6-2-3-7-11(10)14-12/h4*2-12H,1H3;2-8H,1H3. The molecule has 452 valence electrons. The summed E-state index contributed by atoms with van der Waals surface area (Å²) in [5, 5.41) is 13.0. The number of benzene rings is 14. The number of thiophene rings is 3. The first-order valence-electron chi connectivity index (χ1n) is 31.9. The van der Waals surface area contributed by atoms with Crippen LogP contribution >= 0.6 is 34.0 Å². The number of hydrogen-bond acceptors (Lipinski definition) is 5. The quantitative estimate of drug-likeness (QED) is 0.176. The van der Waals surface area contributed by atoms with Gasteiger partial charge in [0.15, 0.2) is 0 Å². The second kappa shape index (κ2) is 26.1. The first-order chi connectivity index (χ1) is 46.1. The molecule has 0 atom stereocenters. The van der Waals surface area contributed by atoms with E-state index < -0.39 is 0 Å². The maximum absolute atomic E-state index is 6.07. The molecule has 19 rings (SSSR count). The predicted molar refractivity (Wildman–Crippen MR) is 411 cm³/mol. The Hall–Kier alpha value is -10.7. The maximum atomic E-state index is 6.07. The van der Waals surface area contributed by atoms with Crippen molar-refractivity contribution in [1.29, 1.82) is 0 Å². The van der Waals surface area contributed by atoms with Gasteiger partial charge in [-0.05, 0) is 140 Å². The number of fused-ring (bicyclic) bond motifs is 15. The normalized spacial score (nSPS) is 11.2. The van der Waals surface area contributed by atoms with E-state index in [1.54, 1.807) is 0 Å². The van der Waals surface area contributed by atoms with E-state index >= 15 is 0 Å². The van der Waals surface area contributed by atoms with Crippen molar-refractivity contribution < 1.29 is 8.83 Å². The highest BCUT2D eigenvalue weighted by Crippen LogP contribution is 2.42. The highest BCUT2D eigenvalue weighted by molar-refractivity contribution is 7.26. The van der Waals surface area contributed by atoms with Crippen LogP contribution in [-0.4, -0.2) is 0 Å². The SMILES string of the molecule is Cc1ccc(-c2ccc3oc4ccccc4c3c2)cc1.Cc1ccc(-c2ccc3sc4ccccc4c3c2)cc1.Cc1ccc(-c2cccc3c2oc2ccccc23)cc1.Cc1ccc(-c2cccc3c2sc2ccccc23)cc1.Cc1cccc2sc3ccccc3c12. The fraction of sp³-hybridized carbons (Fsp3) is 0.0562. The molecule has 0 N–H and O–H groups in total. The van der Waals surface area contributed by atoms with Crippen molar-refractivity contribution in [2.45, 2.75) is 34.6 Å². The molecule has 5 aromatic heterocycles. The van der Waals surface area contributed by atoms with Gasteiger partial charge in [-0.2, -0.15) is 0 Å². The molecule has 0 amide bonds. The number of rotatable bonds is 4. The molecule has 14 aromatic carbocycles. The molecule has 0 aliphatic carbocycles. The van der Waals surface area contributed by atoms with Crippen LogP contribution in [0.25, 0.3) is 149 Å². The predicted octanol–water partition coefficient (Wildman–Crippen LogP) is 27.5. The van der Waals surface area contributed by atoms with Gasteiger partial charge in [0.2, 0.25) is 0 Å². The van der Waals surface area contributed by atoms with E-state index in [0.29, 0.717) is 0 Å². The Kier molecular flexibility index (Phi) is 16.6. The highest BCUT2D eigenvalue weighted by Gasteiger charge is 2.14. The Morgan fingerprint density at radius 1 is 0.223 bits per heavy atom. The third-order valence-corrected chi connectivity index (χ3v) is 21.2. The topological polar surface area (TPSA) is 26.3 Å². The largest absolute Gasteiger partial charge is 0.456 e. The minimum absolute atomic E-state index is 0.946. The van der Waals surface area contributed by atoms with Gasteiger partial charge in [0, 0.05) is 87.6 Å². The molecule has 0 aliphatic heterocycles. The van der Waals surface area contributed by atoms with Crippen LogP contribution in [-0.2, 0) is 0 Å². The van der Waals surface area contributed by atoms with Gasteiger partial charge in [0.05, 0.1) is 0 Å². The Morgan fingerprint density at radius 2 is 0.606 bits per heavy atom. The Balaban J connectivity index is 0.0000000974. The summed E-state index contributed by atoms with van der Waals surface area (Å²) >= 11 is 5.63. The lowest BCUT2D eigenvalue weighted by atomic mass is 10.0. The summed E-state index contributed by atoms with van der Waals surface area (Å²) in [5.74, 6) is 0. The van der Waals surface area contributed by atoms with E-state index in [4.69, 9.17) is 8.83 Å². The lowest BCUT2D eigenvalue weighted by Crippen LogP contribution is -1.79. The van der Waals surface area contributed by atoms with Gasteiger partial charge in [-0.15, -0.1) is 34.0 Å². The highest BCUT2D eigenvalue weighted by atomic mass is 32.1. The average Bonchev–Trinajstić information content (AvgIpc) is 1.71. The molecule has 0 spiro atoms. The number of aryl methyl sites for hydroxylation is 5. The van der Waals surface area contributed by atoms with Crippen molar-refractivity contribution >= 4 is 138 Å². The van der Waals surface area contributed by atoms with Crippen LogP contribution in [0, 0.1) is 34.6 Å². The van der Waals surface area contributed by atoms with Crippen LogP contribution < -0.4 is 0 Å². The number of para-hydroxylation sites is 3. The first kappa shape index (κ1) is 59.6. The molecular weight excluding hydrogens is 1200 g/mol. The summed E-state index contributed by atoms with van der Waals surface area (Å²) in [6, 6.07) is 110. The summed E-state index contributed by atoms with van der Waals surface area (Å²) in [5.41, 5.74) is 20.4. The average molecular weight is 1260 g/mol. The van der Waals surface area contributed by atoms with Crippen molar-refractivity contribution in [3.8, 4) is 44.5 Å². The fourth-order valence-corrected chi connectivity index (χ4v) is 16.2. The van der Waals surface area contributed by atoms with Crippen LogP contribution in [0.3, 0.4) is 0 Å². The Morgan fingerprint density at radius 3 is 1.22 bits per heavy atom. The van der Waals surface area contributed by atoms with Gasteiger partial charge in [0.25, 0.3) is 0 Å². The van der Waals surface area contributed by atoms with Gasteiger partial charge in [-0.1, -0.05) is 271 Å². The minimum atomic E-state index is 0.946. The molecule has 2 nitrogen and oxygen atoms in total. The molecule has 19 aromatic rings. The molecule has 0 saturated heterocycles. The second-order valence-electron chi connectivity index (χ2n) is 24.2. The summed E-state index contributed by atoms with van der Waals surface area (Å²) in [7, 11) is 0. The smallest absolute Gasteiger partial charge is 0.143 e. The van der Waals surface area contributed by atoms with Crippen molar-refractivity contribution in [3.63, 3.8) is 0 Å². The van der Waals surface area contributed by atoms with Gasteiger partial charge in [-0.3, -0.25) is 0 Å². The number of hydrogen-bond donors (Lipinski definition) is 0. The van der Waals surface area contributed by atoms with Crippen LogP contribution in [0.5, 0.6) is 0 Å². The van der Waals surface area contributed by atoms with Crippen LogP contribution in [0.4, 0.5) is 0 Å². The van der Waals surface area contributed by atoms with Crippen LogP contribution in [0.2, 0.25) is 0 Å². The fourth-order valence-electron chi connectivity index (χ4n) is 12.7. The van der Waals surface area contributed by atoms with E-state index in [9.17, 15) is 0 Å². The van der Waals surface area contributed by atoms with Crippen molar-refractivity contribution in [3.05, 3.63) is 337 Å². The second-order valence-corrected chi connectivity index (χ2v) is 27.4. The lowest BCUT2D eigenvalue weighted by molar-refractivity contribution is 0.669. The van der Waals surface area contributed by atoms with Gasteiger partial charge >= 0.3 is 0 Å². The molecule has 0 aliphatic rings. The molecule has 5 heteroatoms. The third kappa shape index (κ3) is 12.1. The number of furan rings is 2. The molecule has 0 saturated carbocycles. The summed E-state index contributed by atoms with van der Waals surface area (Å²) in [4.78, 5) is 0. The lowest BCUT2D eigenvalue weighted by Gasteiger charge is -2.04. The third-order valence-electron chi connectivity index (χ3n) is 17.7. The molecule has 94 heavy (non-hydrogen) atoms. The van der Waals surface area contributed by atoms with Gasteiger partial charge in [0.1, 0.15) is 22.3 Å². The monoisotopic (exact) mass is 1260 g/mol. The minimum Gasteiger partial charge on any atom is -0.456 e. The molecule has 5 heterocycles. The summed E-state index contributed by atoms with van der Waals surface area (Å²) in [6.07, 6.45) is 0. The van der Waals surface area contributed by atoms with Crippen molar-refractivity contribution in [2.75, 3.05) is 0 Å². The van der Waals surface area contributed by atoms with E-state index in [1.165, 1.54) is 149 Å². The molecule has 0 unspecified atom stereocenters. The van der Waals surface area contributed by atoms with Gasteiger partial charge < -0.3 is 8.83 Å². The van der Waals surface area contributed by atoms with E-state index in [0.717, 1.165) is 27.9 Å². The van der Waals surface area contributed by atoms with Crippen molar-refractivity contribution in [1.82, 2.24) is 0 Å². The van der Waals surface area contributed by atoms with Crippen LogP contribution in [0.15, 0.2) is 318 Å². The first-order valence-corrected chi connectivity index (χ1v) is 34.4.